The first-order valence-electron chi connectivity index (χ1n) is 7.50. The first kappa shape index (κ1) is 14.8. The molecule has 1 saturated carbocycles. The maximum Gasteiger partial charge on any atom is 0.255 e. The number of hydrogen-bond donors (Lipinski definition) is 2. The molecule has 1 amide bonds. The van der Waals surface area contributed by atoms with Gasteiger partial charge in [-0.2, -0.15) is 0 Å². The molecular formula is C16H25N3O. The van der Waals surface area contributed by atoms with E-state index in [-0.39, 0.29) is 5.91 Å². The fraction of sp³-hybridized carbons (Fsp3) is 0.625. The highest BCUT2D eigenvalue weighted by atomic mass is 16.1. The van der Waals surface area contributed by atoms with Crippen LogP contribution in [0.3, 0.4) is 0 Å². The zero-order chi connectivity index (χ0) is 14.6. The number of pyridine rings is 1. The van der Waals surface area contributed by atoms with Gasteiger partial charge in [0.1, 0.15) is 0 Å². The second kappa shape index (κ2) is 6.25. The number of carbonyl (C=O) groups is 1. The molecule has 2 N–H and O–H groups in total. The Kier molecular flexibility index (Phi) is 4.63. The summed E-state index contributed by atoms with van der Waals surface area (Å²) in [5.74, 6) is -0.0150. The summed E-state index contributed by atoms with van der Waals surface area (Å²) in [6.07, 6.45) is 7.82. The van der Waals surface area contributed by atoms with E-state index in [9.17, 15) is 4.79 Å². The van der Waals surface area contributed by atoms with Gasteiger partial charge in [0, 0.05) is 25.0 Å². The van der Waals surface area contributed by atoms with Crippen LogP contribution in [-0.4, -0.2) is 23.5 Å². The Morgan fingerprint density at radius 3 is 2.75 bits per heavy atom. The van der Waals surface area contributed by atoms with Gasteiger partial charge in [0.05, 0.1) is 11.3 Å². The average molecular weight is 275 g/mol. The lowest BCUT2D eigenvalue weighted by Gasteiger charge is -2.34. The minimum absolute atomic E-state index is 0.0150. The highest BCUT2D eigenvalue weighted by Gasteiger charge is 2.28. The van der Waals surface area contributed by atoms with Crippen LogP contribution in [0.1, 0.15) is 56.8 Å². The molecule has 0 radical (unpaired) electrons. The summed E-state index contributed by atoms with van der Waals surface area (Å²) in [7, 11) is 0. The van der Waals surface area contributed by atoms with E-state index in [2.05, 4.69) is 29.5 Å². The van der Waals surface area contributed by atoms with E-state index in [1.54, 1.807) is 12.4 Å². The van der Waals surface area contributed by atoms with Gasteiger partial charge in [-0.25, -0.2) is 0 Å². The van der Waals surface area contributed by atoms with Gasteiger partial charge in [-0.05, 0) is 44.1 Å². The van der Waals surface area contributed by atoms with E-state index < -0.39 is 0 Å². The van der Waals surface area contributed by atoms with Gasteiger partial charge in [0.15, 0.2) is 0 Å². The number of carbonyl (C=O) groups excluding carboxylic acids is 1. The number of nitrogens with one attached hydrogen (secondary N) is 2. The summed E-state index contributed by atoms with van der Waals surface area (Å²) in [6.45, 7) is 7.41. The molecule has 1 aliphatic rings. The first-order valence-corrected chi connectivity index (χ1v) is 7.50. The van der Waals surface area contributed by atoms with Crippen molar-refractivity contribution in [3.63, 3.8) is 0 Å². The number of rotatable bonds is 4. The van der Waals surface area contributed by atoms with Gasteiger partial charge in [-0.15, -0.1) is 0 Å². The summed E-state index contributed by atoms with van der Waals surface area (Å²) < 4.78 is 0. The molecule has 1 heterocycles. The standard InChI is InChI=1S/C16H25N3O/c1-4-18-14-7-10-17-11-13(14)15(20)19-12-5-8-16(2,3)9-6-12/h7,10-12H,4-6,8-9H2,1-3H3,(H,17,18)(H,19,20). The summed E-state index contributed by atoms with van der Waals surface area (Å²) in [5.41, 5.74) is 1.92. The molecule has 0 unspecified atom stereocenters. The fourth-order valence-electron chi connectivity index (χ4n) is 2.73. The molecule has 0 aliphatic heterocycles. The van der Waals surface area contributed by atoms with Crippen molar-refractivity contribution in [3.8, 4) is 0 Å². The summed E-state index contributed by atoms with van der Waals surface area (Å²) in [6, 6.07) is 2.15. The van der Waals surface area contributed by atoms with Crippen LogP contribution in [0, 0.1) is 5.41 Å². The van der Waals surface area contributed by atoms with Crippen LogP contribution in [0.4, 0.5) is 5.69 Å². The number of anilines is 1. The third kappa shape index (κ3) is 3.71. The molecule has 1 fully saturated rings. The zero-order valence-corrected chi connectivity index (χ0v) is 12.7. The topological polar surface area (TPSA) is 54.0 Å². The van der Waals surface area contributed by atoms with E-state index >= 15 is 0 Å². The Hall–Kier alpha value is -1.58. The van der Waals surface area contributed by atoms with Gasteiger partial charge in [0.2, 0.25) is 0 Å². The number of hydrogen-bond acceptors (Lipinski definition) is 3. The van der Waals surface area contributed by atoms with Crippen molar-refractivity contribution in [1.82, 2.24) is 10.3 Å². The van der Waals surface area contributed by atoms with Crippen molar-refractivity contribution in [1.29, 1.82) is 0 Å². The highest BCUT2D eigenvalue weighted by molar-refractivity contribution is 5.99. The molecule has 1 aliphatic carbocycles. The molecule has 2 rings (SSSR count). The van der Waals surface area contributed by atoms with Gasteiger partial charge in [-0.1, -0.05) is 13.8 Å². The lowest BCUT2D eigenvalue weighted by atomic mass is 9.75. The van der Waals surface area contributed by atoms with Crippen molar-refractivity contribution in [2.75, 3.05) is 11.9 Å². The SMILES string of the molecule is CCNc1ccncc1C(=O)NC1CCC(C)(C)CC1. The minimum Gasteiger partial charge on any atom is -0.385 e. The molecule has 0 aromatic carbocycles. The molecule has 1 aromatic rings. The van der Waals surface area contributed by atoms with Crippen molar-refractivity contribution in [2.45, 2.75) is 52.5 Å². The molecule has 0 bridgehead atoms. The Bertz CT molecular complexity index is 461. The van der Waals surface area contributed by atoms with E-state index in [1.807, 2.05) is 13.0 Å². The minimum atomic E-state index is -0.0150. The van der Waals surface area contributed by atoms with Gasteiger partial charge in [0.25, 0.3) is 5.91 Å². The smallest absolute Gasteiger partial charge is 0.255 e. The summed E-state index contributed by atoms with van der Waals surface area (Å²) in [4.78, 5) is 16.4. The number of aromatic nitrogens is 1. The maximum atomic E-state index is 12.4. The van der Waals surface area contributed by atoms with Crippen molar-refractivity contribution in [2.24, 2.45) is 5.41 Å². The second-order valence-electron chi connectivity index (χ2n) is 6.36. The van der Waals surface area contributed by atoms with Crippen molar-refractivity contribution >= 4 is 11.6 Å². The van der Waals surface area contributed by atoms with Gasteiger partial charge in [-0.3, -0.25) is 9.78 Å². The second-order valence-corrected chi connectivity index (χ2v) is 6.36. The van der Waals surface area contributed by atoms with Crippen LogP contribution in [0.25, 0.3) is 0 Å². The molecule has 0 spiro atoms. The Balaban J connectivity index is 1.99. The molecule has 4 nitrogen and oxygen atoms in total. The van der Waals surface area contributed by atoms with E-state index in [4.69, 9.17) is 0 Å². The monoisotopic (exact) mass is 275 g/mol. The zero-order valence-electron chi connectivity index (χ0n) is 12.7. The van der Waals surface area contributed by atoms with E-state index in [0.29, 0.717) is 17.0 Å². The molecule has 1 aromatic heterocycles. The molecular weight excluding hydrogens is 250 g/mol. The quantitative estimate of drug-likeness (QED) is 0.887. The molecule has 4 heteroatoms. The normalized spacial score (nSPS) is 18.6. The lowest BCUT2D eigenvalue weighted by molar-refractivity contribution is 0.0909. The predicted molar refractivity (Wildman–Crippen MR) is 81.9 cm³/mol. The third-order valence-corrected chi connectivity index (χ3v) is 4.11. The van der Waals surface area contributed by atoms with Gasteiger partial charge < -0.3 is 10.6 Å². The lowest BCUT2D eigenvalue weighted by Crippen LogP contribution is -2.39. The van der Waals surface area contributed by atoms with Crippen LogP contribution >= 0.6 is 0 Å². The van der Waals surface area contributed by atoms with Crippen LogP contribution in [0.2, 0.25) is 0 Å². The van der Waals surface area contributed by atoms with Crippen LogP contribution in [0.5, 0.6) is 0 Å². The fourth-order valence-corrected chi connectivity index (χ4v) is 2.73. The highest BCUT2D eigenvalue weighted by Crippen LogP contribution is 2.35. The van der Waals surface area contributed by atoms with Gasteiger partial charge >= 0.3 is 0 Å². The van der Waals surface area contributed by atoms with Crippen molar-refractivity contribution < 1.29 is 4.79 Å². The molecule has 110 valence electrons. The van der Waals surface area contributed by atoms with Crippen LogP contribution in [0.15, 0.2) is 18.5 Å². The Morgan fingerprint density at radius 2 is 2.10 bits per heavy atom. The van der Waals surface area contributed by atoms with E-state index in [0.717, 1.165) is 25.1 Å². The van der Waals surface area contributed by atoms with Crippen LogP contribution in [-0.2, 0) is 0 Å². The molecule has 0 saturated heterocycles. The molecule has 20 heavy (non-hydrogen) atoms. The summed E-state index contributed by atoms with van der Waals surface area (Å²) in [5, 5.41) is 6.36. The summed E-state index contributed by atoms with van der Waals surface area (Å²) >= 11 is 0. The number of nitrogens with zero attached hydrogens (tertiary/aromatic N) is 1. The predicted octanol–water partition coefficient (Wildman–Crippen LogP) is 3.21. The molecule has 0 atom stereocenters. The van der Waals surface area contributed by atoms with Crippen LogP contribution < -0.4 is 10.6 Å². The number of amides is 1. The Morgan fingerprint density at radius 1 is 1.40 bits per heavy atom. The third-order valence-electron chi connectivity index (χ3n) is 4.11. The largest absolute Gasteiger partial charge is 0.385 e. The maximum absolute atomic E-state index is 12.4. The Labute approximate surface area is 121 Å². The first-order chi connectivity index (χ1) is 9.52. The van der Waals surface area contributed by atoms with E-state index in [1.165, 1.54) is 12.8 Å². The average Bonchev–Trinajstić information content (AvgIpc) is 2.42. The van der Waals surface area contributed by atoms with Crippen molar-refractivity contribution in [3.05, 3.63) is 24.0 Å².